The smallest absolute Gasteiger partial charge is 0.275 e. The van der Waals surface area contributed by atoms with Crippen LogP contribution in [0.3, 0.4) is 0 Å². The first-order valence-corrected chi connectivity index (χ1v) is 6.76. The summed E-state index contributed by atoms with van der Waals surface area (Å²) in [5.74, 6) is 0.355. The molecular formula is C14H15N5O2. The van der Waals surface area contributed by atoms with Crippen LogP contribution in [-0.4, -0.2) is 39.1 Å². The van der Waals surface area contributed by atoms with Crippen LogP contribution in [0, 0.1) is 0 Å². The van der Waals surface area contributed by atoms with Gasteiger partial charge >= 0.3 is 0 Å². The zero-order chi connectivity index (χ0) is 14.7. The zero-order valence-electron chi connectivity index (χ0n) is 11.4. The summed E-state index contributed by atoms with van der Waals surface area (Å²) in [7, 11) is 0. The molecule has 0 atom stereocenters. The maximum Gasteiger partial charge on any atom is 0.275 e. The van der Waals surface area contributed by atoms with Gasteiger partial charge in [0.25, 0.3) is 5.91 Å². The summed E-state index contributed by atoms with van der Waals surface area (Å²) in [5.41, 5.74) is 0.247. The first kappa shape index (κ1) is 13.3. The molecule has 2 aromatic heterocycles. The van der Waals surface area contributed by atoms with Gasteiger partial charge in [-0.15, -0.1) is 0 Å². The number of nitrogens with one attached hydrogen (secondary N) is 1. The van der Waals surface area contributed by atoms with Crippen LogP contribution in [0.2, 0.25) is 0 Å². The lowest BCUT2D eigenvalue weighted by Crippen LogP contribution is -2.21. The van der Waals surface area contributed by atoms with Crippen molar-refractivity contribution in [3.8, 4) is 5.75 Å². The van der Waals surface area contributed by atoms with E-state index in [1.807, 2.05) is 0 Å². The minimum atomic E-state index is -0.424. The van der Waals surface area contributed by atoms with Crippen molar-refractivity contribution in [3.63, 3.8) is 0 Å². The van der Waals surface area contributed by atoms with Gasteiger partial charge < -0.3 is 15.3 Å². The molecule has 1 fully saturated rings. The van der Waals surface area contributed by atoms with Crippen molar-refractivity contribution >= 4 is 17.5 Å². The fourth-order valence-electron chi connectivity index (χ4n) is 2.26. The van der Waals surface area contributed by atoms with E-state index in [-0.39, 0.29) is 17.3 Å². The number of hydrogen-bond acceptors (Lipinski definition) is 6. The van der Waals surface area contributed by atoms with Crippen LogP contribution in [0.4, 0.5) is 11.6 Å². The van der Waals surface area contributed by atoms with E-state index in [9.17, 15) is 9.90 Å². The number of aromatic hydroxyl groups is 1. The Morgan fingerprint density at radius 3 is 2.81 bits per heavy atom. The van der Waals surface area contributed by atoms with Gasteiger partial charge in [0.2, 0.25) is 0 Å². The molecule has 7 heteroatoms. The highest BCUT2D eigenvalue weighted by molar-refractivity contribution is 6.03. The summed E-state index contributed by atoms with van der Waals surface area (Å²) in [6.07, 6.45) is 5.13. The Labute approximate surface area is 121 Å². The largest absolute Gasteiger partial charge is 0.504 e. The Bertz CT molecular complexity index is 655. The van der Waals surface area contributed by atoms with Crippen molar-refractivity contribution in [2.24, 2.45) is 0 Å². The van der Waals surface area contributed by atoms with Crippen LogP contribution in [0.25, 0.3) is 0 Å². The molecule has 0 bridgehead atoms. The number of amides is 1. The molecule has 1 aliphatic heterocycles. The van der Waals surface area contributed by atoms with Crippen molar-refractivity contribution in [1.82, 2.24) is 15.0 Å². The minimum absolute atomic E-state index is 0.0836. The number of nitrogens with zero attached hydrogens (tertiary/aromatic N) is 4. The number of rotatable bonds is 3. The molecule has 2 N–H and O–H groups in total. The van der Waals surface area contributed by atoms with Crippen molar-refractivity contribution in [3.05, 3.63) is 36.4 Å². The minimum Gasteiger partial charge on any atom is -0.504 e. The number of hydrogen-bond donors (Lipinski definition) is 2. The van der Waals surface area contributed by atoms with Crippen LogP contribution < -0.4 is 10.2 Å². The third-order valence-electron chi connectivity index (χ3n) is 3.33. The van der Waals surface area contributed by atoms with E-state index in [0.29, 0.717) is 0 Å². The summed E-state index contributed by atoms with van der Waals surface area (Å²) < 4.78 is 0. The van der Waals surface area contributed by atoms with Crippen LogP contribution in [0.5, 0.6) is 5.75 Å². The maximum absolute atomic E-state index is 12.2. The average Bonchev–Trinajstić information content (AvgIpc) is 3.04. The van der Waals surface area contributed by atoms with Gasteiger partial charge in [0.1, 0.15) is 17.8 Å². The highest BCUT2D eigenvalue weighted by atomic mass is 16.3. The maximum atomic E-state index is 12.2. The molecule has 1 saturated heterocycles. The van der Waals surface area contributed by atoms with E-state index in [2.05, 4.69) is 25.2 Å². The summed E-state index contributed by atoms with van der Waals surface area (Å²) in [6, 6.07) is 4.69. The molecule has 0 saturated carbocycles. The molecule has 3 rings (SSSR count). The molecule has 7 nitrogen and oxygen atoms in total. The Kier molecular flexibility index (Phi) is 3.63. The summed E-state index contributed by atoms with van der Waals surface area (Å²) in [5, 5.41) is 12.2. The van der Waals surface area contributed by atoms with Crippen LogP contribution in [0.1, 0.15) is 23.3 Å². The molecule has 0 aliphatic carbocycles. The Balaban J connectivity index is 1.78. The van der Waals surface area contributed by atoms with Crippen molar-refractivity contribution in [1.29, 1.82) is 0 Å². The first-order chi connectivity index (χ1) is 10.2. The Morgan fingerprint density at radius 2 is 2.05 bits per heavy atom. The van der Waals surface area contributed by atoms with Crippen LogP contribution in [-0.2, 0) is 0 Å². The third kappa shape index (κ3) is 2.91. The van der Waals surface area contributed by atoms with E-state index in [1.54, 1.807) is 12.1 Å². The van der Waals surface area contributed by atoms with Gasteiger partial charge in [-0.3, -0.25) is 4.79 Å². The van der Waals surface area contributed by atoms with Crippen molar-refractivity contribution in [2.75, 3.05) is 23.3 Å². The number of anilines is 2. The fraction of sp³-hybridized carbons (Fsp3) is 0.286. The SMILES string of the molecule is O=C(Nc1ncccc1O)c1cc(N2CCCC2)ncn1. The molecule has 0 radical (unpaired) electrons. The van der Waals surface area contributed by atoms with E-state index in [1.165, 1.54) is 18.6 Å². The van der Waals surface area contributed by atoms with Gasteiger partial charge in [-0.1, -0.05) is 0 Å². The first-order valence-electron chi connectivity index (χ1n) is 6.76. The quantitative estimate of drug-likeness (QED) is 0.886. The van der Waals surface area contributed by atoms with E-state index < -0.39 is 5.91 Å². The second-order valence-electron chi connectivity index (χ2n) is 4.78. The lowest BCUT2D eigenvalue weighted by Gasteiger charge is -2.16. The van der Waals surface area contributed by atoms with Crippen molar-refractivity contribution < 1.29 is 9.90 Å². The molecular weight excluding hydrogens is 270 g/mol. The molecule has 1 amide bonds. The molecule has 0 spiro atoms. The predicted octanol–water partition coefficient (Wildman–Crippen LogP) is 1.43. The summed E-state index contributed by atoms with van der Waals surface area (Å²) in [6.45, 7) is 1.89. The second-order valence-corrected chi connectivity index (χ2v) is 4.78. The van der Waals surface area contributed by atoms with Gasteiger partial charge in [0.15, 0.2) is 11.6 Å². The van der Waals surface area contributed by atoms with E-state index >= 15 is 0 Å². The molecule has 0 unspecified atom stereocenters. The Morgan fingerprint density at radius 1 is 1.24 bits per heavy atom. The molecule has 108 valence electrons. The van der Waals surface area contributed by atoms with Gasteiger partial charge in [0, 0.05) is 25.4 Å². The number of carbonyl (C=O) groups is 1. The summed E-state index contributed by atoms with van der Waals surface area (Å²) >= 11 is 0. The average molecular weight is 285 g/mol. The standard InChI is InChI=1S/C14H15N5O2/c20-11-4-3-5-15-13(11)18-14(21)10-8-12(17-9-16-10)19-6-1-2-7-19/h3-5,8-9,20H,1-2,6-7H2,(H,15,18,21). The molecule has 3 heterocycles. The van der Waals surface area contributed by atoms with Gasteiger partial charge in [-0.2, -0.15) is 0 Å². The lowest BCUT2D eigenvalue weighted by atomic mass is 10.3. The van der Waals surface area contributed by atoms with E-state index in [4.69, 9.17) is 0 Å². The highest BCUT2D eigenvalue weighted by Gasteiger charge is 2.17. The fourth-order valence-corrected chi connectivity index (χ4v) is 2.26. The topological polar surface area (TPSA) is 91.2 Å². The third-order valence-corrected chi connectivity index (χ3v) is 3.33. The summed E-state index contributed by atoms with van der Waals surface area (Å²) in [4.78, 5) is 26.4. The predicted molar refractivity (Wildman–Crippen MR) is 77.3 cm³/mol. The molecule has 0 aromatic carbocycles. The normalized spacial score (nSPS) is 14.2. The molecule has 2 aromatic rings. The van der Waals surface area contributed by atoms with Gasteiger partial charge in [-0.25, -0.2) is 15.0 Å². The van der Waals surface area contributed by atoms with Crippen LogP contribution >= 0.6 is 0 Å². The second kappa shape index (κ2) is 5.74. The number of carbonyl (C=O) groups excluding carboxylic acids is 1. The van der Waals surface area contributed by atoms with Crippen LogP contribution in [0.15, 0.2) is 30.7 Å². The van der Waals surface area contributed by atoms with Gasteiger partial charge in [0.05, 0.1) is 0 Å². The van der Waals surface area contributed by atoms with Crippen molar-refractivity contribution in [2.45, 2.75) is 12.8 Å². The highest BCUT2D eigenvalue weighted by Crippen LogP contribution is 2.20. The number of pyridine rings is 1. The van der Waals surface area contributed by atoms with Gasteiger partial charge in [-0.05, 0) is 25.0 Å². The zero-order valence-corrected chi connectivity index (χ0v) is 11.4. The Hall–Kier alpha value is -2.70. The lowest BCUT2D eigenvalue weighted by molar-refractivity contribution is 0.102. The molecule has 1 aliphatic rings. The number of aromatic nitrogens is 3. The molecule has 21 heavy (non-hydrogen) atoms. The monoisotopic (exact) mass is 285 g/mol. The van der Waals surface area contributed by atoms with E-state index in [0.717, 1.165) is 31.7 Å².